The van der Waals surface area contributed by atoms with Gasteiger partial charge in [-0.05, 0) is 48.0 Å². The van der Waals surface area contributed by atoms with Crippen LogP contribution in [0.1, 0.15) is 17.0 Å². The molecule has 4 rings (SSSR count). The number of carbonyl (C=O) groups excluding carboxylic acids is 1. The van der Waals surface area contributed by atoms with Crippen molar-refractivity contribution in [2.24, 2.45) is 5.92 Å². The number of fused-ring (bicyclic) bond motifs is 3. The molecule has 1 aromatic carbocycles. The van der Waals surface area contributed by atoms with Gasteiger partial charge in [0.25, 0.3) is 0 Å². The van der Waals surface area contributed by atoms with Crippen molar-refractivity contribution in [1.29, 1.82) is 0 Å². The van der Waals surface area contributed by atoms with E-state index >= 15 is 0 Å². The zero-order valence-corrected chi connectivity index (χ0v) is 14.7. The Kier molecular flexibility index (Phi) is 4.33. The number of halogens is 3. The van der Waals surface area contributed by atoms with Crippen molar-refractivity contribution < 1.29 is 32.1 Å². The lowest BCUT2D eigenvalue weighted by molar-refractivity contribution is -0.646. The van der Waals surface area contributed by atoms with Gasteiger partial charge in [-0.15, -0.1) is 0 Å². The van der Waals surface area contributed by atoms with E-state index in [1.54, 1.807) is 6.07 Å². The third-order valence-electron chi connectivity index (χ3n) is 4.76. The minimum atomic E-state index is -5.25. The predicted octanol–water partition coefficient (Wildman–Crippen LogP) is 0.945. The standard InChI is InChI=1S/C17H16F3N4O4/c1-9-15-12-5-10(4-11-6-21-7-11)2-3-14(12)27-8-13(15)22-24(23(9)26)28-16(25)17(18,19)20/h2-3,5,11,21H,4,6-8H2,1H3/q+1. The SMILES string of the molecule is Cc1c2c(nn(OC(=O)C(F)(F)F)[n+]1=O)COc1ccc(CC3CNC3)cc1-2. The maximum absolute atomic E-state index is 12.4. The number of hydrogen-bond donors (Lipinski definition) is 1. The molecule has 1 fully saturated rings. The number of nitrogens with one attached hydrogen (secondary N) is 1. The fourth-order valence-electron chi connectivity index (χ4n) is 3.26. The third-order valence-corrected chi connectivity index (χ3v) is 4.76. The summed E-state index contributed by atoms with van der Waals surface area (Å²) in [6.07, 6.45) is -4.39. The summed E-state index contributed by atoms with van der Waals surface area (Å²) in [6.45, 7) is 3.23. The van der Waals surface area contributed by atoms with Crippen molar-refractivity contribution in [1.82, 2.24) is 15.4 Å². The van der Waals surface area contributed by atoms with Crippen LogP contribution in [0.25, 0.3) is 11.1 Å². The average molecular weight is 397 g/mol. The summed E-state index contributed by atoms with van der Waals surface area (Å²) >= 11 is 0. The second-order valence-electron chi connectivity index (χ2n) is 6.76. The van der Waals surface area contributed by atoms with E-state index in [2.05, 4.69) is 15.3 Å². The first-order valence-electron chi connectivity index (χ1n) is 8.56. The molecule has 0 atom stereocenters. The number of nitrogens with zero attached hydrogens (tertiary/aromatic N) is 3. The molecule has 0 bridgehead atoms. The summed E-state index contributed by atoms with van der Waals surface area (Å²) in [4.78, 5) is 27.5. The lowest BCUT2D eigenvalue weighted by Gasteiger charge is -2.27. The highest BCUT2D eigenvalue weighted by molar-refractivity contribution is 5.76. The van der Waals surface area contributed by atoms with Crippen LogP contribution in [0.2, 0.25) is 0 Å². The van der Waals surface area contributed by atoms with Gasteiger partial charge in [-0.2, -0.15) is 13.2 Å². The van der Waals surface area contributed by atoms with Crippen LogP contribution in [0.15, 0.2) is 18.2 Å². The molecule has 0 amide bonds. The molecule has 0 radical (unpaired) electrons. The molecule has 11 heteroatoms. The molecule has 2 aromatic rings. The number of aromatic nitrogens is 3. The molecule has 1 saturated heterocycles. The fourth-order valence-corrected chi connectivity index (χ4v) is 3.26. The molecule has 0 aliphatic carbocycles. The minimum absolute atomic E-state index is 0.0117. The van der Waals surface area contributed by atoms with E-state index in [4.69, 9.17) is 4.74 Å². The Morgan fingerprint density at radius 2 is 2.18 bits per heavy atom. The molecule has 28 heavy (non-hydrogen) atoms. The summed E-state index contributed by atoms with van der Waals surface area (Å²) in [5, 5.41) is 6.94. The molecule has 2 aliphatic rings. The highest BCUT2D eigenvalue weighted by atomic mass is 19.4. The van der Waals surface area contributed by atoms with Gasteiger partial charge in [-0.1, -0.05) is 6.07 Å². The van der Waals surface area contributed by atoms with Gasteiger partial charge in [-0.25, -0.2) is 4.79 Å². The van der Waals surface area contributed by atoms with Crippen LogP contribution >= 0.6 is 0 Å². The summed E-state index contributed by atoms with van der Waals surface area (Å²) in [5.74, 6) is -1.45. The van der Waals surface area contributed by atoms with Crippen LogP contribution in [0, 0.1) is 17.7 Å². The van der Waals surface area contributed by atoms with Crippen LogP contribution in [0.3, 0.4) is 0 Å². The van der Waals surface area contributed by atoms with Crippen molar-refractivity contribution in [3.63, 3.8) is 0 Å². The third kappa shape index (κ3) is 3.21. The Balaban J connectivity index is 1.73. The van der Waals surface area contributed by atoms with Crippen LogP contribution in [0.4, 0.5) is 13.2 Å². The Morgan fingerprint density at radius 1 is 1.43 bits per heavy atom. The zero-order chi connectivity index (χ0) is 20.1. The van der Waals surface area contributed by atoms with E-state index < -0.39 is 12.1 Å². The number of hydrogen-bond acceptors (Lipinski definition) is 6. The number of ether oxygens (including phenoxy) is 1. The predicted molar refractivity (Wildman–Crippen MR) is 87.8 cm³/mol. The molecule has 148 valence electrons. The number of benzene rings is 1. The molecular formula is C17H16F3N4O4+. The van der Waals surface area contributed by atoms with Gasteiger partial charge in [0.1, 0.15) is 10.3 Å². The van der Waals surface area contributed by atoms with Gasteiger partial charge in [0.15, 0.2) is 12.3 Å². The van der Waals surface area contributed by atoms with Crippen LogP contribution in [0.5, 0.6) is 5.75 Å². The number of carbonyl (C=O) groups is 1. The highest BCUT2D eigenvalue weighted by Gasteiger charge is 2.44. The van der Waals surface area contributed by atoms with Crippen molar-refractivity contribution in [3.05, 3.63) is 40.1 Å². The van der Waals surface area contributed by atoms with Gasteiger partial charge in [0.2, 0.25) is 10.7 Å². The van der Waals surface area contributed by atoms with Gasteiger partial charge in [-0.3, -0.25) is 4.84 Å². The normalized spacial score (nSPS) is 15.9. The largest absolute Gasteiger partial charge is 0.493 e. The fraction of sp³-hybridized carbons (Fsp3) is 0.412. The van der Waals surface area contributed by atoms with Crippen LogP contribution in [-0.2, 0) is 17.8 Å². The number of alkyl halides is 3. The first-order chi connectivity index (χ1) is 13.2. The summed E-state index contributed by atoms with van der Waals surface area (Å²) < 4.78 is 42.9. The van der Waals surface area contributed by atoms with E-state index in [1.165, 1.54) is 6.92 Å². The van der Waals surface area contributed by atoms with E-state index in [0.29, 0.717) is 22.8 Å². The van der Waals surface area contributed by atoms with Crippen LogP contribution in [-0.4, -0.2) is 35.3 Å². The first-order valence-corrected chi connectivity index (χ1v) is 8.56. The topological polar surface area (TPSA) is 88.4 Å². The lowest BCUT2D eigenvalue weighted by Crippen LogP contribution is -2.47. The molecule has 3 heterocycles. The Labute approximate surface area is 156 Å². The molecule has 1 aromatic heterocycles. The lowest BCUT2D eigenvalue weighted by atomic mass is 9.91. The second kappa shape index (κ2) is 6.59. The zero-order valence-electron chi connectivity index (χ0n) is 14.7. The quantitative estimate of drug-likeness (QED) is 0.776. The van der Waals surface area contributed by atoms with E-state index in [9.17, 15) is 22.9 Å². The summed E-state index contributed by atoms with van der Waals surface area (Å²) in [5.41, 5.74) is 2.40. The van der Waals surface area contributed by atoms with Crippen molar-refractivity contribution in [3.8, 4) is 16.9 Å². The maximum Gasteiger partial charge on any atom is 0.493 e. The number of rotatable bonds is 3. The van der Waals surface area contributed by atoms with Gasteiger partial charge in [0.05, 0.1) is 10.7 Å². The Morgan fingerprint density at radius 3 is 2.82 bits per heavy atom. The van der Waals surface area contributed by atoms with Crippen molar-refractivity contribution >= 4 is 5.97 Å². The highest BCUT2D eigenvalue weighted by Crippen LogP contribution is 2.38. The molecule has 0 spiro atoms. The Hall–Kier alpha value is -2.95. The molecule has 0 unspecified atom stereocenters. The first kappa shape index (κ1) is 18.4. The average Bonchev–Trinajstić information content (AvgIpc) is 2.61. The van der Waals surface area contributed by atoms with Gasteiger partial charge < -0.3 is 10.1 Å². The molecule has 1 N–H and O–H groups in total. The van der Waals surface area contributed by atoms with Crippen LogP contribution < -0.4 is 19.4 Å². The van der Waals surface area contributed by atoms with E-state index in [1.807, 2.05) is 12.1 Å². The molecule has 8 nitrogen and oxygen atoms in total. The van der Waals surface area contributed by atoms with Gasteiger partial charge in [0, 0.05) is 12.5 Å². The Bertz CT molecular complexity index is 1010. The van der Waals surface area contributed by atoms with Crippen molar-refractivity contribution in [2.45, 2.75) is 26.1 Å². The minimum Gasteiger partial charge on any atom is -0.484 e. The maximum atomic E-state index is 12.4. The molecule has 0 saturated carbocycles. The summed E-state index contributed by atoms with van der Waals surface area (Å²) in [7, 11) is 0. The molecule has 2 aliphatic heterocycles. The molecular weight excluding hydrogens is 381 g/mol. The van der Waals surface area contributed by atoms with E-state index in [-0.39, 0.29) is 27.5 Å². The second-order valence-corrected chi connectivity index (χ2v) is 6.76. The summed E-state index contributed by atoms with van der Waals surface area (Å²) in [6, 6.07) is 5.65. The monoisotopic (exact) mass is 397 g/mol. The van der Waals surface area contributed by atoms with Crippen molar-refractivity contribution in [2.75, 3.05) is 13.1 Å². The van der Waals surface area contributed by atoms with E-state index in [0.717, 1.165) is 25.1 Å². The smallest absolute Gasteiger partial charge is 0.484 e. The van der Waals surface area contributed by atoms with Gasteiger partial charge >= 0.3 is 12.1 Å².